The molecule has 0 spiro atoms. The molecule has 0 bridgehead atoms. The largest absolute Gasteiger partial charge is 0.487 e. The van der Waals surface area contributed by atoms with E-state index in [9.17, 15) is 5.11 Å². The van der Waals surface area contributed by atoms with Crippen LogP contribution in [-0.4, -0.2) is 22.9 Å². The van der Waals surface area contributed by atoms with E-state index in [1.807, 2.05) is 18.2 Å². The molecule has 1 saturated carbocycles. The van der Waals surface area contributed by atoms with Crippen LogP contribution in [-0.2, 0) is 6.54 Å². The number of ether oxygens (including phenoxy) is 1. The second-order valence-corrected chi connectivity index (χ2v) is 6.37. The van der Waals surface area contributed by atoms with Crippen molar-refractivity contribution in [1.82, 2.24) is 5.32 Å². The fraction of sp³-hybridized carbons (Fsp3) is 0.625. The standard InChI is InChI=1S/C16H25NO2/c1-16(2,3)17-11-12-7-4-5-9-14(12)19-15-10-6-8-13(15)18/h4-5,7,9,13,15,17-18H,6,8,10-11H2,1-3H3. The van der Waals surface area contributed by atoms with Crippen molar-refractivity contribution in [2.75, 3.05) is 0 Å². The molecule has 0 aliphatic heterocycles. The van der Waals surface area contributed by atoms with Crippen LogP contribution in [0.5, 0.6) is 5.75 Å². The van der Waals surface area contributed by atoms with Crippen molar-refractivity contribution < 1.29 is 9.84 Å². The van der Waals surface area contributed by atoms with Gasteiger partial charge in [0.05, 0.1) is 6.10 Å². The van der Waals surface area contributed by atoms with E-state index in [0.717, 1.165) is 37.1 Å². The van der Waals surface area contributed by atoms with Crippen LogP contribution in [0, 0.1) is 0 Å². The second-order valence-electron chi connectivity index (χ2n) is 6.37. The first-order valence-electron chi connectivity index (χ1n) is 7.13. The number of aliphatic hydroxyl groups excluding tert-OH is 1. The monoisotopic (exact) mass is 263 g/mol. The first-order valence-corrected chi connectivity index (χ1v) is 7.13. The molecule has 0 amide bonds. The number of para-hydroxylation sites is 1. The van der Waals surface area contributed by atoms with E-state index >= 15 is 0 Å². The lowest BCUT2D eigenvalue weighted by atomic mass is 10.1. The average Bonchev–Trinajstić information content (AvgIpc) is 2.73. The van der Waals surface area contributed by atoms with Crippen molar-refractivity contribution in [2.45, 2.75) is 64.3 Å². The van der Waals surface area contributed by atoms with Gasteiger partial charge in [-0.15, -0.1) is 0 Å². The molecular formula is C16H25NO2. The summed E-state index contributed by atoms with van der Waals surface area (Å²) in [6.07, 6.45) is 2.49. The Balaban J connectivity index is 2.03. The number of nitrogens with one attached hydrogen (secondary N) is 1. The predicted octanol–water partition coefficient (Wildman–Crippen LogP) is 2.87. The van der Waals surface area contributed by atoms with Crippen LogP contribution < -0.4 is 10.1 Å². The molecule has 1 aliphatic rings. The van der Waals surface area contributed by atoms with Gasteiger partial charge in [0.1, 0.15) is 11.9 Å². The molecule has 3 heteroatoms. The molecule has 106 valence electrons. The molecule has 0 heterocycles. The highest BCUT2D eigenvalue weighted by Crippen LogP contribution is 2.27. The van der Waals surface area contributed by atoms with Crippen molar-refractivity contribution in [2.24, 2.45) is 0 Å². The molecule has 0 saturated heterocycles. The summed E-state index contributed by atoms with van der Waals surface area (Å²) in [4.78, 5) is 0. The lowest BCUT2D eigenvalue weighted by molar-refractivity contribution is 0.0596. The summed E-state index contributed by atoms with van der Waals surface area (Å²) in [6.45, 7) is 7.23. The van der Waals surface area contributed by atoms with Gasteiger partial charge in [0.2, 0.25) is 0 Å². The zero-order chi connectivity index (χ0) is 13.9. The van der Waals surface area contributed by atoms with Gasteiger partial charge in [-0.25, -0.2) is 0 Å². The summed E-state index contributed by atoms with van der Waals surface area (Å²) in [6, 6.07) is 8.08. The Bertz CT molecular complexity index is 411. The fourth-order valence-corrected chi connectivity index (χ4v) is 2.33. The quantitative estimate of drug-likeness (QED) is 0.877. The first kappa shape index (κ1) is 14.4. The number of hydrogen-bond acceptors (Lipinski definition) is 3. The summed E-state index contributed by atoms with van der Waals surface area (Å²) in [5.74, 6) is 0.894. The lowest BCUT2D eigenvalue weighted by Gasteiger charge is -2.23. The predicted molar refractivity (Wildman–Crippen MR) is 77.3 cm³/mol. The molecular weight excluding hydrogens is 238 g/mol. The third kappa shape index (κ3) is 4.22. The Morgan fingerprint density at radius 1 is 1.26 bits per heavy atom. The van der Waals surface area contributed by atoms with Crippen molar-refractivity contribution >= 4 is 0 Å². The van der Waals surface area contributed by atoms with Gasteiger partial charge >= 0.3 is 0 Å². The van der Waals surface area contributed by atoms with Gasteiger partial charge in [0, 0.05) is 17.6 Å². The lowest BCUT2D eigenvalue weighted by Crippen LogP contribution is -2.35. The highest BCUT2D eigenvalue weighted by molar-refractivity contribution is 5.33. The van der Waals surface area contributed by atoms with Crippen molar-refractivity contribution in [3.63, 3.8) is 0 Å². The minimum atomic E-state index is -0.316. The molecule has 2 unspecified atom stereocenters. The van der Waals surface area contributed by atoms with Gasteiger partial charge in [-0.05, 0) is 46.1 Å². The summed E-state index contributed by atoms with van der Waals surface area (Å²) in [5, 5.41) is 13.3. The van der Waals surface area contributed by atoms with Gasteiger partial charge in [0.15, 0.2) is 0 Å². The molecule has 2 N–H and O–H groups in total. The molecule has 1 aromatic carbocycles. The van der Waals surface area contributed by atoms with E-state index in [1.165, 1.54) is 0 Å². The average molecular weight is 263 g/mol. The Hall–Kier alpha value is -1.06. The van der Waals surface area contributed by atoms with E-state index in [-0.39, 0.29) is 17.7 Å². The topological polar surface area (TPSA) is 41.5 Å². The molecule has 0 radical (unpaired) electrons. The molecule has 3 nitrogen and oxygen atoms in total. The minimum absolute atomic E-state index is 0.0456. The molecule has 19 heavy (non-hydrogen) atoms. The Morgan fingerprint density at radius 2 is 2.00 bits per heavy atom. The van der Waals surface area contributed by atoms with Crippen LogP contribution in [0.25, 0.3) is 0 Å². The minimum Gasteiger partial charge on any atom is -0.487 e. The number of benzene rings is 1. The maximum atomic E-state index is 9.86. The molecule has 0 aromatic heterocycles. The molecule has 1 aliphatic carbocycles. The maximum absolute atomic E-state index is 9.86. The smallest absolute Gasteiger partial charge is 0.124 e. The van der Waals surface area contributed by atoms with E-state index in [1.54, 1.807) is 0 Å². The van der Waals surface area contributed by atoms with Crippen molar-refractivity contribution in [3.8, 4) is 5.75 Å². The van der Waals surface area contributed by atoms with E-state index in [0.29, 0.717) is 0 Å². The van der Waals surface area contributed by atoms with Crippen molar-refractivity contribution in [3.05, 3.63) is 29.8 Å². The third-order valence-corrected chi connectivity index (χ3v) is 3.48. The Kier molecular flexibility index (Phi) is 4.48. The maximum Gasteiger partial charge on any atom is 0.124 e. The molecule has 2 rings (SSSR count). The first-order chi connectivity index (χ1) is 8.96. The Morgan fingerprint density at radius 3 is 2.63 bits per heavy atom. The highest BCUT2D eigenvalue weighted by Gasteiger charge is 2.27. The van der Waals surface area contributed by atoms with Crippen LogP contribution in [0.4, 0.5) is 0 Å². The number of rotatable bonds is 4. The van der Waals surface area contributed by atoms with Gasteiger partial charge < -0.3 is 15.2 Å². The fourth-order valence-electron chi connectivity index (χ4n) is 2.33. The van der Waals surface area contributed by atoms with Gasteiger partial charge in [-0.3, -0.25) is 0 Å². The second kappa shape index (κ2) is 5.93. The highest BCUT2D eigenvalue weighted by atomic mass is 16.5. The summed E-state index contributed by atoms with van der Waals surface area (Å²) < 4.78 is 5.99. The summed E-state index contributed by atoms with van der Waals surface area (Å²) >= 11 is 0. The number of aliphatic hydroxyl groups is 1. The van der Waals surface area contributed by atoms with Crippen LogP contribution in [0.15, 0.2) is 24.3 Å². The normalized spacial score (nSPS) is 23.6. The van der Waals surface area contributed by atoms with Crippen LogP contribution in [0.3, 0.4) is 0 Å². The third-order valence-electron chi connectivity index (χ3n) is 3.48. The van der Waals surface area contributed by atoms with E-state index < -0.39 is 0 Å². The van der Waals surface area contributed by atoms with E-state index in [2.05, 4.69) is 32.2 Å². The van der Waals surface area contributed by atoms with Gasteiger partial charge in [0.25, 0.3) is 0 Å². The summed E-state index contributed by atoms with van der Waals surface area (Å²) in [5.41, 5.74) is 1.23. The Labute approximate surface area is 116 Å². The summed E-state index contributed by atoms with van der Waals surface area (Å²) in [7, 11) is 0. The van der Waals surface area contributed by atoms with Gasteiger partial charge in [-0.1, -0.05) is 18.2 Å². The van der Waals surface area contributed by atoms with Gasteiger partial charge in [-0.2, -0.15) is 0 Å². The zero-order valence-corrected chi connectivity index (χ0v) is 12.1. The number of hydrogen-bond donors (Lipinski definition) is 2. The van der Waals surface area contributed by atoms with Crippen LogP contribution in [0.1, 0.15) is 45.6 Å². The molecule has 2 atom stereocenters. The SMILES string of the molecule is CC(C)(C)NCc1ccccc1OC1CCCC1O. The zero-order valence-electron chi connectivity index (χ0n) is 12.1. The van der Waals surface area contributed by atoms with Crippen LogP contribution in [0.2, 0.25) is 0 Å². The van der Waals surface area contributed by atoms with Crippen LogP contribution >= 0.6 is 0 Å². The van der Waals surface area contributed by atoms with Crippen molar-refractivity contribution in [1.29, 1.82) is 0 Å². The molecule has 1 aromatic rings. The molecule has 1 fully saturated rings. The van der Waals surface area contributed by atoms with E-state index in [4.69, 9.17) is 4.74 Å².